The Bertz CT molecular complexity index is 413. The zero-order valence-electron chi connectivity index (χ0n) is 7.58. The van der Waals surface area contributed by atoms with E-state index in [1.54, 1.807) is 13.0 Å². The number of nitrogens with two attached hydrogens (primary N) is 1. The van der Waals surface area contributed by atoms with Crippen LogP contribution in [0.1, 0.15) is 11.8 Å². The second-order valence-electron chi connectivity index (χ2n) is 2.56. The summed E-state index contributed by atoms with van der Waals surface area (Å²) in [4.78, 5) is 1.11. The Labute approximate surface area is 95.7 Å². The molecule has 1 heterocycles. The van der Waals surface area contributed by atoms with Crippen LogP contribution < -0.4 is 10.5 Å². The van der Waals surface area contributed by atoms with Gasteiger partial charge in [0.1, 0.15) is 4.90 Å². The average Bonchev–Trinajstić information content (AvgIpc) is 2.47. The fourth-order valence-corrected chi connectivity index (χ4v) is 4.55. The Morgan fingerprint density at radius 3 is 2.71 bits per heavy atom. The number of thiophene rings is 1. The van der Waals surface area contributed by atoms with Gasteiger partial charge in [-0.15, -0.1) is 11.3 Å². The van der Waals surface area contributed by atoms with Gasteiger partial charge in [0.25, 0.3) is 0 Å². The maximum atomic E-state index is 11.6. The highest BCUT2D eigenvalue weighted by atomic mass is 79.9. The molecule has 0 bridgehead atoms. The van der Waals surface area contributed by atoms with Crippen molar-refractivity contribution >= 4 is 37.3 Å². The van der Waals surface area contributed by atoms with E-state index in [0.29, 0.717) is 16.9 Å². The summed E-state index contributed by atoms with van der Waals surface area (Å²) in [7, 11) is -3.37. The lowest BCUT2D eigenvalue weighted by atomic mass is 10.5. The molecule has 3 N–H and O–H groups in total. The Morgan fingerprint density at radius 1 is 1.64 bits per heavy atom. The van der Waals surface area contributed by atoms with Gasteiger partial charge in [-0.05, 0) is 22.0 Å². The maximum absolute atomic E-state index is 11.6. The third-order valence-corrected chi connectivity index (χ3v) is 5.35. The van der Waals surface area contributed by atoms with Gasteiger partial charge in [-0.1, -0.05) is 6.92 Å². The van der Waals surface area contributed by atoms with Gasteiger partial charge in [-0.2, -0.15) is 0 Å². The number of nitrogens with one attached hydrogen (secondary N) is 1. The van der Waals surface area contributed by atoms with Crippen LogP contribution in [0.4, 0.5) is 0 Å². The van der Waals surface area contributed by atoms with Crippen LogP contribution in [0.25, 0.3) is 0 Å². The van der Waals surface area contributed by atoms with Gasteiger partial charge in [-0.25, -0.2) is 13.1 Å². The molecule has 0 aliphatic carbocycles. The van der Waals surface area contributed by atoms with E-state index in [2.05, 4.69) is 20.7 Å². The molecule has 0 saturated heterocycles. The van der Waals surface area contributed by atoms with Gasteiger partial charge in [-0.3, -0.25) is 0 Å². The fourth-order valence-electron chi connectivity index (χ4n) is 0.949. The zero-order valence-corrected chi connectivity index (χ0v) is 10.8. The Kier molecular flexibility index (Phi) is 4.08. The van der Waals surface area contributed by atoms with Crippen molar-refractivity contribution in [3.63, 3.8) is 0 Å². The van der Waals surface area contributed by atoms with Gasteiger partial charge >= 0.3 is 0 Å². The highest BCUT2D eigenvalue weighted by molar-refractivity contribution is 9.11. The number of sulfonamides is 1. The van der Waals surface area contributed by atoms with Gasteiger partial charge in [0.15, 0.2) is 0 Å². The van der Waals surface area contributed by atoms with Crippen LogP contribution in [0, 0.1) is 0 Å². The van der Waals surface area contributed by atoms with Crippen LogP contribution >= 0.6 is 27.3 Å². The molecule has 14 heavy (non-hydrogen) atoms. The SMILES string of the molecule is CCNS(=O)(=O)c1cc(CN)sc1Br. The molecule has 0 aliphatic heterocycles. The van der Waals surface area contributed by atoms with E-state index in [4.69, 9.17) is 5.73 Å². The molecule has 0 aromatic carbocycles. The highest BCUT2D eigenvalue weighted by Crippen LogP contribution is 2.31. The summed E-state index contributed by atoms with van der Waals surface area (Å²) in [6, 6.07) is 1.59. The third kappa shape index (κ3) is 2.54. The Hall–Kier alpha value is 0.0500. The van der Waals surface area contributed by atoms with E-state index >= 15 is 0 Å². The van der Waals surface area contributed by atoms with Gasteiger partial charge in [0.05, 0.1) is 3.79 Å². The largest absolute Gasteiger partial charge is 0.326 e. The first-order valence-electron chi connectivity index (χ1n) is 3.99. The first-order valence-corrected chi connectivity index (χ1v) is 7.08. The number of halogens is 1. The predicted octanol–water partition coefficient (Wildman–Crippen LogP) is 1.27. The molecule has 1 rings (SSSR count). The van der Waals surface area contributed by atoms with Crippen molar-refractivity contribution in [1.29, 1.82) is 0 Å². The van der Waals surface area contributed by atoms with Crippen molar-refractivity contribution in [2.24, 2.45) is 5.73 Å². The molecule has 80 valence electrons. The molecular weight excluding hydrogens is 288 g/mol. The summed E-state index contributed by atoms with van der Waals surface area (Å²) in [5.41, 5.74) is 5.42. The van der Waals surface area contributed by atoms with Crippen molar-refractivity contribution in [1.82, 2.24) is 4.72 Å². The lowest BCUT2D eigenvalue weighted by Gasteiger charge is -2.01. The number of hydrogen-bond acceptors (Lipinski definition) is 4. The lowest BCUT2D eigenvalue weighted by molar-refractivity contribution is 0.584. The summed E-state index contributed by atoms with van der Waals surface area (Å²) < 4.78 is 26.2. The van der Waals surface area contributed by atoms with Crippen LogP contribution in [0.5, 0.6) is 0 Å². The predicted molar refractivity (Wildman–Crippen MR) is 60.8 cm³/mol. The average molecular weight is 299 g/mol. The summed E-state index contributed by atoms with van der Waals surface area (Å²) in [5, 5.41) is 0. The number of hydrogen-bond donors (Lipinski definition) is 2. The minimum absolute atomic E-state index is 0.268. The van der Waals surface area contributed by atoms with Crippen LogP contribution in [0.15, 0.2) is 14.7 Å². The van der Waals surface area contributed by atoms with E-state index in [0.717, 1.165) is 4.88 Å². The molecule has 0 aliphatic rings. The molecule has 0 saturated carbocycles. The zero-order chi connectivity index (χ0) is 10.8. The Balaban J connectivity index is 3.12. The summed E-state index contributed by atoms with van der Waals surface area (Å²) in [5.74, 6) is 0. The van der Waals surface area contributed by atoms with Crippen LogP contribution in [-0.4, -0.2) is 15.0 Å². The molecule has 0 fully saturated rings. The summed E-state index contributed by atoms with van der Waals surface area (Å²) in [6.45, 7) is 2.47. The molecule has 0 spiro atoms. The van der Waals surface area contributed by atoms with Crippen molar-refractivity contribution in [3.8, 4) is 0 Å². The van der Waals surface area contributed by atoms with E-state index in [-0.39, 0.29) is 4.90 Å². The molecule has 0 unspecified atom stereocenters. The van der Waals surface area contributed by atoms with Gasteiger partial charge in [0.2, 0.25) is 10.0 Å². The lowest BCUT2D eigenvalue weighted by Crippen LogP contribution is -2.22. The van der Waals surface area contributed by atoms with Crippen molar-refractivity contribution < 1.29 is 8.42 Å². The molecule has 0 atom stereocenters. The fraction of sp³-hybridized carbons (Fsp3) is 0.429. The minimum atomic E-state index is -3.37. The third-order valence-electron chi connectivity index (χ3n) is 1.53. The van der Waals surface area contributed by atoms with Gasteiger partial charge in [0, 0.05) is 18.0 Å². The number of rotatable bonds is 4. The van der Waals surface area contributed by atoms with E-state index in [1.807, 2.05) is 0 Å². The van der Waals surface area contributed by atoms with Crippen LogP contribution in [-0.2, 0) is 16.6 Å². The quantitative estimate of drug-likeness (QED) is 0.879. The van der Waals surface area contributed by atoms with Crippen LogP contribution in [0.3, 0.4) is 0 Å². The van der Waals surface area contributed by atoms with Crippen molar-refractivity contribution in [2.45, 2.75) is 18.4 Å². The normalized spacial score (nSPS) is 11.9. The van der Waals surface area contributed by atoms with Gasteiger partial charge < -0.3 is 5.73 Å². The highest BCUT2D eigenvalue weighted by Gasteiger charge is 2.19. The Morgan fingerprint density at radius 2 is 2.29 bits per heavy atom. The maximum Gasteiger partial charge on any atom is 0.242 e. The molecule has 7 heteroatoms. The molecular formula is C7H11BrN2O2S2. The van der Waals surface area contributed by atoms with E-state index < -0.39 is 10.0 Å². The van der Waals surface area contributed by atoms with Crippen molar-refractivity contribution in [2.75, 3.05) is 6.54 Å². The first-order chi connectivity index (χ1) is 6.51. The topological polar surface area (TPSA) is 72.2 Å². The molecule has 1 aromatic rings. The second-order valence-corrected chi connectivity index (χ2v) is 6.75. The van der Waals surface area contributed by atoms with Crippen molar-refractivity contribution in [3.05, 3.63) is 14.7 Å². The molecule has 1 aromatic heterocycles. The smallest absolute Gasteiger partial charge is 0.242 e. The second kappa shape index (κ2) is 4.71. The van der Waals surface area contributed by atoms with E-state index in [1.165, 1.54) is 11.3 Å². The summed E-state index contributed by atoms with van der Waals surface area (Å²) in [6.07, 6.45) is 0. The van der Waals surface area contributed by atoms with Crippen LogP contribution in [0.2, 0.25) is 0 Å². The summed E-state index contributed by atoms with van der Waals surface area (Å²) >= 11 is 4.55. The molecule has 0 amide bonds. The van der Waals surface area contributed by atoms with E-state index in [9.17, 15) is 8.42 Å². The minimum Gasteiger partial charge on any atom is -0.326 e. The standard InChI is InChI=1S/C7H11BrN2O2S2/c1-2-10-14(11,12)6-3-5(4-9)13-7(6)8/h3,10H,2,4,9H2,1H3. The first kappa shape index (κ1) is 12.1. The molecule has 0 radical (unpaired) electrons. The monoisotopic (exact) mass is 298 g/mol. The molecule has 4 nitrogen and oxygen atoms in total.